The number of rotatable bonds is 5. The number of sulfonamides is 1. The molecule has 0 radical (unpaired) electrons. The number of hydrogen-bond donors (Lipinski definition) is 0. The normalized spacial score (nSPS) is 16.6. The standard InChI is InChI=1S/C20H22N2O3S2/c1-15-6-5-9-18-19(15)21-20(26-18)25-17-10-12-22(13-11-17)27(23,24)14-16-7-3-2-4-8-16/h2-9,17H,10-14H2,1H3. The Morgan fingerprint density at radius 1 is 1.11 bits per heavy atom. The van der Waals surface area contributed by atoms with Crippen LogP contribution in [0.2, 0.25) is 0 Å². The smallest absolute Gasteiger partial charge is 0.274 e. The molecule has 1 aromatic heterocycles. The van der Waals surface area contributed by atoms with Gasteiger partial charge in [-0.3, -0.25) is 0 Å². The zero-order chi connectivity index (χ0) is 18.9. The van der Waals surface area contributed by atoms with Crippen molar-refractivity contribution >= 4 is 31.6 Å². The van der Waals surface area contributed by atoms with Gasteiger partial charge in [0.05, 0.1) is 16.0 Å². The topological polar surface area (TPSA) is 59.5 Å². The van der Waals surface area contributed by atoms with Crippen LogP contribution in [0, 0.1) is 6.92 Å². The maximum absolute atomic E-state index is 12.6. The van der Waals surface area contributed by atoms with E-state index in [4.69, 9.17) is 4.74 Å². The largest absolute Gasteiger partial charge is 0.467 e. The number of ether oxygens (including phenoxy) is 1. The molecule has 4 rings (SSSR count). The van der Waals surface area contributed by atoms with Crippen LogP contribution in [0.25, 0.3) is 10.2 Å². The minimum Gasteiger partial charge on any atom is -0.467 e. The number of thiazole rings is 1. The number of fused-ring (bicyclic) bond motifs is 1. The summed E-state index contributed by atoms with van der Waals surface area (Å²) in [6.45, 7) is 3.02. The first-order chi connectivity index (χ1) is 13.0. The molecule has 0 spiro atoms. The van der Waals surface area contributed by atoms with Crippen molar-refractivity contribution in [3.05, 3.63) is 59.7 Å². The molecular weight excluding hydrogens is 380 g/mol. The van der Waals surface area contributed by atoms with E-state index in [0.717, 1.165) is 21.3 Å². The van der Waals surface area contributed by atoms with Gasteiger partial charge in [-0.25, -0.2) is 17.7 Å². The number of piperidine rings is 1. The van der Waals surface area contributed by atoms with Gasteiger partial charge < -0.3 is 4.74 Å². The summed E-state index contributed by atoms with van der Waals surface area (Å²) < 4.78 is 34.1. The van der Waals surface area contributed by atoms with Gasteiger partial charge in [-0.2, -0.15) is 0 Å². The van der Waals surface area contributed by atoms with Gasteiger partial charge in [-0.1, -0.05) is 53.8 Å². The van der Waals surface area contributed by atoms with E-state index in [1.54, 1.807) is 15.6 Å². The van der Waals surface area contributed by atoms with Gasteiger partial charge in [0.25, 0.3) is 5.19 Å². The monoisotopic (exact) mass is 402 g/mol. The van der Waals surface area contributed by atoms with Crippen LogP contribution in [0.5, 0.6) is 5.19 Å². The third-order valence-electron chi connectivity index (χ3n) is 4.85. The fourth-order valence-electron chi connectivity index (χ4n) is 3.36. The Morgan fingerprint density at radius 2 is 1.85 bits per heavy atom. The van der Waals surface area contributed by atoms with Crippen LogP contribution in [0.15, 0.2) is 48.5 Å². The Kier molecular flexibility index (Phi) is 5.16. The summed E-state index contributed by atoms with van der Waals surface area (Å²) in [7, 11) is -3.29. The molecule has 142 valence electrons. The second-order valence-electron chi connectivity index (χ2n) is 6.86. The first kappa shape index (κ1) is 18.4. The molecule has 0 unspecified atom stereocenters. The molecule has 27 heavy (non-hydrogen) atoms. The zero-order valence-corrected chi connectivity index (χ0v) is 16.8. The Balaban J connectivity index is 1.37. The number of benzene rings is 2. The number of aromatic nitrogens is 1. The summed E-state index contributed by atoms with van der Waals surface area (Å²) in [5.74, 6) is 0.0521. The maximum Gasteiger partial charge on any atom is 0.274 e. The second kappa shape index (κ2) is 7.58. The number of hydrogen-bond acceptors (Lipinski definition) is 5. The fourth-order valence-corrected chi connectivity index (χ4v) is 5.89. The Hall–Kier alpha value is -1.96. The summed E-state index contributed by atoms with van der Waals surface area (Å²) in [4.78, 5) is 4.59. The molecule has 7 heteroatoms. The minimum absolute atomic E-state index is 0.00837. The SMILES string of the molecule is Cc1cccc2sc(OC3CCN(S(=O)(=O)Cc4ccccc4)CC3)nc12. The molecule has 1 saturated heterocycles. The molecule has 0 aliphatic carbocycles. The first-order valence-corrected chi connectivity index (χ1v) is 11.5. The van der Waals surface area contributed by atoms with Gasteiger partial charge in [0, 0.05) is 13.1 Å². The lowest BCUT2D eigenvalue weighted by Gasteiger charge is -2.30. The molecular formula is C20H22N2O3S2. The Morgan fingerprint density at radius 3 is 2.56 bits per heavy atom. The van der Waals surface area contributed by atoms with E-state index in [1.807, 2.05) is 55.5 Å². The third-order valence-corrected chi connectivity index (χ3v) is 7.62. The van der Waals surface area contributed by atoms with Crippen LogP contribution in [0.3, 0.4) is 0 Å². The van der Waals surface area contributed by atoms with E-state index in [-0.39, 0.29) is 11.9 Å². The van der Waals surface area contributed by atoms with Crippen molar-refractivity contribution in [1.29, 1.82) is 0 Å². The molecule has 1 aliphatic rings. The average molecular weight is 403 g/mol. The summed E-state index contributed by atoms with van der Waals surface area (Å²) >= 11 is 1.55. The minimum atomic E-state index is -3.29. The van der Waals surface area contributed by atoms with Crippen LogP contribution >= 0.6 is 11.3 Å². The van der Waals surface area contributed by atoms with E-state index in [2.05, 4.69) is 4.98 Å². The van der Waals surface area contributed by atoms with Gasteiger partial charge in [0.2, 0.25) is 10.0 Å². The molecule has 5 nitrogen and oxygen atoms in total. The fraction of sp³-hybridized carbons (Fsp3) is 0.350. The zero-order valence-electron chi connectivity index (χ0n) is 15.2. The van der Waals surface area contributed by atoms with Gasteiger partial charge in [0.1, 0.15) is 6.10 Å². The molecule has 2 aromatic carbocycles. The molecule has 1 fully saturated rings. The van der Waals surface area contributed by atoms with Crippen molar-refractivity contribution in [2.24, 2.45) is 0 Å². The van der Waals surface area contributed by atoms with Crippen molar-refractivity contribution in [2.45, 2.75) is 31.6 Å². The Labute approximate surface area is 163 Å². The molecule has 0 atom stereocenters. The number of nitrogens with zero attached hydrogens (tertiary/aromatic N) is 2. The molecule has 3 aromatic rings. The summed E-state index contributed by atoms with van der Waals surface area (Å²) in [6, 6.07) is 15.4. The van der Waals surface area contributed by atoms with Gasteiger partial charge in [0.15, 0.2) is 0 Å². The maximum atomic E-state index is 12.6. The predicted molar refractivity (Wildman–Crippen MR) is 109 cm³/mol. The number of aryl methyl sites for hydroxylation is 1. The molecule has 0 bridgehead atoms. The Bertz CT molecular complexity index is 1020. The second-order valence-corrected chi connectivity index (χ2v) is 9.82. The summed E-state index contributed by atoms with van der Waals surface area (Å²) in [5.41, 5.74) is 2.95. The summed E-state index contributed by atoms with van der Waals surface area (Å²) in [5, 5.41) is 0.671. The van der Waals surface area contributed by atoms with Crippen LogP contribution in [0.4, 0.5) is 0 Å². The van der Waals surface area contributed by atoms with Gasteiger partial charge >= 0.3 is 0 Å². The quantitative estimate of drug-likeness (QED) is 0.648. The van der Waals surface area contributed by atoms with Crippen LogP contribution in [-0.2, 0) is 15.8 Å². The third kappa shape index (κ3) is 4.15. The number of para-hydroxylation sites is 1. The average Bonchev–Trinajstić information content (AvgIpc) is 3.07. The molecule has 0 amide bonds. The summed E-state index contributed by atoms with van der Waals surface area (Å²) in [6.07, 6.45) is 1.38. The molecule has 0 N–H and O–H groups in total. The van der Waals surface area contributed by atoms with E-state index in [9.17, 15) is 8.42 Å². The lowest BCUT2D eigenvalue weighted by molar-refractivity contribution is 0.135. The van der Waals surface area contributed by atoms with Crippen LogP contribution < -0.4 is 4.74 Å². The van der Waals surface area contributed by atoms with Crippen molar-refractivity contribution in [2.75, 3.05) is 13.1 Å². The van der Waals surface area contributed by atoms with E-state index in [1.165, 1.54) is 0 Å². The molecule has 2 heterocycles. The van der Waals surface area contributed by atoms with Crippen LogP contribution in [-0.4, -0.2) is 36.9 Å². The highest BCUT2D eigenvalue weighted by atomic mass is 32.2. The highest BCUT2D eigenvalue weighted by molar-refractivity contribution is 7.88. The van der Waals surface area contributed by atoms with Gasteiger partial charge in [-0.15, -0.1) is 0 Å². The van der Waals surface area contributed by atoms with E-state index < -0.39 is 10.0 Å². The van der Waals surface area contributed by atoms with E-state index in [0.29, 0.717) is 31.1 Å². The molecule has 0 saturated carbocycles. The van der Waals surface area contributed by atoms with Crippen molar-refractivity contribution in [3.63, 3.8) is 0 Å². The van der Waals surface area contributed by atoms with Crippen molar-refractivity contribution < 1.29 is 13.2 Å². The van der Waals surface area contributed by atoms with Crippen molar-refractivity contribution in [1.82, 2.24) is 9.29 Å². The first-order valence-electron chi connectivity index (χ1n) is 9.06. The highest BCUT2D eigenvalue weighted by Gasteiger charge is 2.29. The van der Waals surface area contributed by atoms with Crippen LogP contribution in [0.1, 0.15) is 24.0 Å². The predicted octanol–water partition coefficient (Wildman–Crippen LogP) is 3.98. The highest BCUT2D eigenvalue weighted by Crippen LogP contribution is 2.31. The lowest BCUT2D eigenvalue weighted by atomic mass is 10.1. The molecule has 1 aliphatic heterocycles. The lowest BCUT2D eigenvalue weighted by Crippen LogP contribution is -2.42. The van der Waals surface area contributed by atoms with Gasteiger partial charge in [-0.05, 0) is 37.0 Å². The van der Waals surface area contributed by atoms with E-state index >= 15 is 0 Å². The van der Waals surface area contributed by atoms with Crippen molar-refractivity contribution in [3.8, 4) is 5.19 Å².